The third-order valence-electron chi connectivity index (χ3n) is 0.952. The topological polar surface area (TPSA) is 46.5 Å². The van der Waals surface area contributed by atoms with E-state index >= 15 is 0 Å². The minimum atomic E-state index is -2.82. The van der Waals surface area contributed by atoms with Crippen molar-refractivity contribution in [2.24, 2.45) is 0 Å². The normalized spacial score (nSPS) is 11.8. The molecule has 12 heavy (non-hydrogen) atoms. The Morgan fingerprint density at radius 2 is 1.92 bits per heavy atom. The molecule has 0 aliphatic heterocycles. The quantitative estimate of drug-likeness (QED) is 0.483. The van der Waals surface area contributed by atoms with Crippen LogP contribution in [-0.2, 0) is 8.54 Å². The number of benzene rings is 1. The molecule has 0 heterocycles. The first-order valence-electron chi connectivity index (χ1n) is 2.91. The molecule has 64 valence electrons. The first-order valence-corrected chi connectivity index (χ1v) is 4.92. The van der Waals surface area contributed by atoms with Crippen LogP contribution < -0.4 is 0 Å². The van der Waals surface area contributed by atoms with Gasteiger partial charge in [-0.3, -0.25) is 4.57 Å². The van der Waals surface area contributed by atoms with Gasteiger partial charge in [0.25, 0.3) is 0 Å². The van der Waals surface area contributed by atoms with Crippen molar-refractivity contribution in [1.82, 2.24) is 0 Å². The SMILES string of the molecule is O=[PH](O)OSc1ccccc1.[CaH2]. The average Bonchev–Trinajstić information content (AvgIpc) is 2.03. The molecule has 1 rings (SSSR count). The van der Waals surface area contributed by atoms with Crippen LogP contribution in [0, 0.1) is 0 Å². The van der Waals surface area contributed by atoms with Crippen molar-refractivity contribution in [3.63, 3.8) is 0 Å². The molecule has 1 aromatic rings. The molecule has 0 bridgehead atoms. The summed E-state index contributed by atoms with van der Waals surface area (Å²) in [6.07, 6.45) is 0. The van der Waals surface area contributed by atoms with Gasteiger partial charge in [-0.1, -0.05) is 18.2 Å². The zero-order valence-electron chi connectivity index (χ0n) is 5.56. The van der Waals surface area contributed by atoms with Gasteiger partial charge in [0, 0.05) is 16.9 Å². The van der Waals surface area contributed by atoms with Crippen molar-refractivity contribution in [3.8, 4) is 0 Å². The number of rotatable bonds is 3. The van der Waals surface area contributed by atoms with Gasteiger partial charge >= 0.3 is 46.0 Å². The van der Waals surface area contributed by atoms with Crippen molar-refractivity contribution in [2.45, 2.75) is 4.90 Å². The van der Waals surface area contributed by atoms with Crippen molar-refractivity contribution >= 4 is 58.0 Å². The Kier molecular flexibility index (Phi) is 7.99. The summed E-state index contributed by atoms with van der Waals surface area (Å²) in [4.78, 5) is 9.14. The Labute approximate surface area is 106 Å². The van der Waals surface area contributed by atoms with Gasteiger partial charge in [-0.05, 0) is 12.1 Å². The van der Waals surface area contributed by atoms with Crippen LogP contribution in [0.3, 0.4) is 0 Å². The van der Waals surface area contributed by atoms with Crippen molar-refractivity contribution < 1.29 is 13.4 Å². The molecule has 1 N–H and O–H groups in total. The van der Waals surface area contributed by atoms with Gasteiger partial charge in [-0.25, -0.2) is 3.97 Å². The van der Waals surface area contributed by atoms with Crippen LogP contribution in [0.15, 0.2) is 35.2 Å². The van der Waals surface area contributed by atoms with Crippen LogP contribution in [-0.4, -0.2) is 42.6 Å². The van der Waals surface area contributed by atoms with Crippen LogP contribution in [0.25, 0.3) is 0 Å². The van der Waals surface area contributed by atoms with E-state index in [1.165, 1.54) is 0 Å². The molecule has 1 aromatic carbocycles. The van der Waals surface area contributed by atoms with E-state index in [0.29, 0.717) is 0 Å². The molecule has 0 saturated carbocycles. The fourth-order valence-corrected chi connectivity index (χ4v) is 1.50. The summed E-state index contributed by atoms with van der Waals surface area (Å²) in [7, 11) is -2.82. The molecular weight excluding hydrogens is 223 g/mol. The van der Waals surface area contributed by atoms with Crippen LogP contribution in [0.5, 0.6) is 0 Å². The first-order chi connectivity index (χ1) is 5.29. The Balaban J connectivity index is 0.00000121. The molecule has 0 aliphatic rings. The zero-order valence-corrected chi connectivity index (χ0v) is 7.38. The first kappa shape index (κ1) is 13.0. The second kappa shape index (κ2) is 7.39. The molecule has 0 amide bonds. The van der Waals surface area contributed by atoms with Crippen LogP contribution in [0.1, 0.15) is 0 Å². The summed E-state index contributed by atoms with van der Waals surface area (Å²) in [6.45, 7) is 0. The summed E-state index contributed by atoms with van der Waals surface area (Å²) in [5, 5.41) is 0. The summed E-state index contributed by atoms with van der Waals surface area (Å²) < 4.78 is 14.6. The molecule has 1 unspecified atom stereocenters. The average molecular weight is 232 g/mol. The second-order valence-electron chi connectivity index (χ2n) is 1.75. The van der Waals surface area contributed by atoms with E-state index in [1.807, 2.05) is 18.2 Å². The summed E-state index contributed by atoms with van der Waals surface area (Å²) in [5.41, 5.74) is 0. The van der Waals surface area contributed by atoms with Gasteiger partial charge in [0.2, 0.25) is 0 Å². The second-order valence-corrected chi connectivity index (χ2v) is 3.58. The van der Waals surface area contributed by atoms with E-state index in [4.69, 9.17) is 4.89 Å². The Bertz CT molecular complexity index is 244. The minimum absolute atomic E-state index is 0. The van der Waals surface area contributed by atoms with E-state index in [0.717, 1.165) is 16.9 Å². The van der Waals surface area contributed by atoms with Gasteiger partial charge in [0.15, 0.2) is 0 Å². The molecule has 1 atom stereocenters. The molecule has 6 heteroatoms. The van der Waals surface area contributed by atoms with Crippen molar-refractivity contribution in [1.29, 1.82) is 0 Å². The van der Waals surface area contributed by atoms with Crippen LogP contribution >= 0.6 is 20.3 Å². The predicted octanol–water partition coefficient (Wildman–Crippen LogP) is 1.18. The number of hydrogen-bond acceptors (Lipinski definition) is 3. The fraction of sp³-hybridized carbons (Fsp3) is 0. The van der Waals surface area contributed by atoms with E-state index in [1.54, 1.807) is 12.1 Å². The van der Waals surface area contributed by atoms with Gasteiger partial charge < -0.3 is 4.89 Å². The summed E-state index contributed by atoms with van der Waals surface area (Å²) >= 11 is 0.911. The van der Waals surface area contributed by atoms with Crippen LogP contribution in [0.2, 0.25) is 0 Å². The summed E-state index contributed by atoms with van der Waals surface area (Å²) in [6, 6.07) is 9.14. The monoisotopic (exact) mass is 232 g/mol. The van der Waals surface area contributed by atoms with Crippen molar-refractivity contribution in [3.05, 3.63) is 30.3 Å². The standard InChI is InChI=1S/C6H7O3PS.Ca.2H/c7-10(8)9-11-6-4-2-1-3-5-6;;;/h1-5,10H,(H,7,8);;;. The van der Waals surface area contributed by atoms with Gasteiger partial charge in [0.1, 0.15) is 0 Å². The van der Waals surface area contributed by atoms with E-state index in [2.05, 4.69) is 3.97 Å². The van der Waals surface area contributed by atoms with Gasteiger partial charge in [-0.15, -0.1) is 0 Å². The van der Waals surface area contributed by atoms with Gasteiger partial charge in [0.05, 0.1) is 0 Å². The Hall–Kier alpha value is 0.980. The molecular formula is C6H9CaO3PS. The molecule has 0 aromatic heterocycles. The van der Waals surface area contributed by atoms with E-state index in [9.17, 15) is 4.57 Å². The molecule has 0 aliphatic carbocycles. The van der Waals surface area contributed by atoms with Crippen molar-refractivity contribution in [2.75, 3.05) is 0 Å². The molecule has 0 fully saturated rings. The third-order valence-corrected chi connectivity index (χ3v) is 2.32. The van der Waals surface area contributed by atoms with E-state index in [-0.39, 0.29) is 37.7 Å². The maximum absolute atomic E-state index is 10.1. The zero-order chi connectivity index (χ0) is 8.10. The summed E-state index contributed by atoms with van der Waals surface area (Å²) in [5.74, 6) is 0. The van der Waals surface area contributed by atoms with Crippen LogP contribution in [0.4, 0.5) is 0 Å². The predicted molar refractivity (Wildman–Crippen MR) is 53.1 cm³/mol. The van der Waals surface area contributed by atoms with Gasteiger partial charge in [-0.2, -0.15) is 0 Å². The molecule has 3 nitrogen and oxygen atoms in total. The number of hydrogen-bond donors (Lipinski definition) is 1. The van der Waals surface area contributed by atoms with E-state index < -0.39 is 8.25 Å². The maximum atomic E-state index is 10.1. The molecule has 0 spiro atoms. The Morgan fingerprint density at radius 1 is 1.33 bits per heavy atom. The Morgan fingerprint density at radius 3 is 2.42 bits per heavy atom. The molecule has 0 saturated heterocycles. The third kappa shape index (κ3) is 5.60. The molecule has 0 radical (unpaired) electrons. The fourth-order valence-electron chi connectivity index (χ4n) is 0.560.